The molecule has 0 saturated carbocycles. The van der Waals surface area contributed by atoms with E-state index in [0.29, 0.717) is 31.3 Å². The molecule has 0 N–H and O–H groups in total. The van der Waals surface area contributed by atoms with Crippen molar-refractivity contribution in [3.05, 3.63) is 99.6 Å². The Bertz CT molecular complexity index is 1380. The number of aryl methyl sites for hydroxylation is 2. The summed E-state index contributed by atoms with van der Waals surface area (Å²) in [5.41, 5.74) is 0.998. The molecule has 8 heteroatoms. The maximum Gasteiger partial charge on any atom is 0.200 e. The van der Waals surface area contributed by atoms with E-state index in [0.717, 1.165) is 6.42 Å². The van der Waals surface area contributed by atoms with E-state index in [2.05, 4.69) is 0 Å². The van der Waals surface area contributed by atoms with E-state index in [1.54, 1.807) is 13.0 Å². The second kappa shape index (κ2) is 13.3. The SMILES string of the molecule is CCCCOc1ccc(CCc2ccc(C3=CCC(c4ccc(OCC)c(F)c4F)CC3)c(F)c2F)c(F)c1F. The molecule has 0 saturated heterocycles. The zero-order valence-electron chi connectivity index (χ0n) is 22.6. The molecular formula is C32H32F6O2. The summed E-state index contributed by atoms with van der Waals surface area (Å²) >= 11 is 0. The smallest absolute Gasteiger partial charge is 0.200 e. The van der Waals surface area contributed by atoms with E-state index in [1.807, 2.05) is 6.92 Å². The van der Waals surface area contributed by atoms with Gasteiger partial charge in [0.15, 0.2) is 34.8 Å². The third-order valence-electron chi connectivity index (χ3n) is 7.28. The lowest BCUT2D eigenvalue weighted by atomic mass is 9.82. The predicted molar refractivity (Wildman–Crippen MR) is 143 cm³/mol. The highest BCUT2D eigenvalue weighted by Gasteiger charge is 2.25. The van der Waals surface area contributed by atoms with Gasteiger partial charge in [0.25, 0.3) is 0 Å². The minimum atomic E-state index is -1.09. The van der Waals surface area contributed by atoms with Crippen LogP contribution in [0, 0.1) is 34.9 Å². The second-order valence-electron chi connectivity index (χ2n) is 9.87. The fourth-order valence-electron chi connectivity index (χ4n) is 4.99. The molecule has 214 valence electrons. The van der Waals surface area contributed by atoms with Gasteiger partial charge in [0.1, 0.15) is 0 Å². The summed E-state index contributed by atoms with van der Waals surface area (Å²) in [5, 5.41) is 0. The summed E-state index contributed by atoms with van der Waals surface area (Å²) in [6.45, 7) is 4.12. The zero-order chi connectivity index (χ0) is 28.8. The quantitative estimate of drug-likeness (QED) is 0.171. The van der Waals surface area contributed by atoms with E-state index in [-0.39, 0.29) is 65.7 Å². The molecule has 3 aromatic rings. The first-order chi connectivity index (χ1) is 19.3. The maximum atomic E-state index is 15.1. The molecule has 0 fully saturated rings. The Balaban J connectivity index is 1.44. The molecule has 4 rings (SSSR count). The summed E-state index contributed by atoms with van der Waals surface area (Å²) in [6, 6.07) is 8.56. The van der Waals surface area contributed by atoms with Crippen LogP contribution in [0.25, 0.3) is 5.57 Å². The van der Waals surface area contributed by atoms with Crippen molar-refractivity contribution in [3.63, 3.8) is 0 Å². The second-order valence-corrected chi connectivity index (χ2v) is 9.87. The molecule has 0 spiro atoms. The van der Waals surface area contributed by atoms with Crippen molar-refractivity contribution in [3.8, 4) is 11.5 Å². The Hall–Kier alpha value is -3.42. The van der Waals surface area contributed by atoms with Crippen molar-refractivity contribution < 1.29 is 35.8 Å². The number of halogens is 6. The van der Waals surface area contributed by atoms with Crippen molar-refractivity contribution in [2.45, 2.75) is 64.7 Å². The summed E-state index contributed by atoms with van der Waals surface area (Å²) in [7, 11) is 0. The molecule has 1 atom stereocenters. The van der Waals surface area contributed by atoms with Crippen molar-refractivity contribution >= 4 is 5.57 Å². The standard InChI is InChI=1S/C32H32F6O2/c1-3-5-18-40-26-16-13-22(28(34)31(26)37)11-10-21-12-14-23(29(35)27(21)33)19-6-8-20(9-7-19)24-15-17-25(39-4-2)32(38)30(24)36/h6,12-17,20H,3-5,7-11,18H2,1-2H3. The average molecular weight is 563 g/mol. The van der Waals surface area contributed by atoms with Crippen molar-refractivity contribution in [2.75, 3.05) is 13.2 Å². The third kappa shape index (κ3) is 6.31. The Morgan fingerprint density at radius 1 is 0.700 bits per heavy atom. The highest BCUT2D eigenvalue weighted by atomic mass is 19.2. The first-order valence-electron chi connectivity index (χ1n) is 13.6. The van der Waals surface area contributed by atoms with Crippen LogP contribution in [0.3, 0.4) is 0 Å². The van der Waals surface area contributed by atoms with Gasteiger partial charge in [-0.3, -0.25) is 0 Å². The molecule has 0 heterocycles. The molecule has 0 radical (unpaired) electrons. The molecule has 0 bridgehead atoms. The van der Waals surface area contributed by atoms with Gasteiger partial charge in [-0.15, -0.1) is 0 Å². The molecule has 2 nitrogen and oxygen atoms in total. The monoisotopic (exact) mass is 562 g/mol. The van der Waals surface area contributed by atoms with Crippen LogP contribution in [0.1, 0.15) is 74.1 Å². The molecule has 1 aliphatic carbocycles. The summed E-state index contributed by atoms with van der Waals surface area (Å²) in [6.07, 6.45) is 4.36. The third-order valence-corrected chi connectivity index (χ3v) is 7.28. The number of allylic oxidation sites excluding steroid dienone is 2. The Morgan fingerprint density at radius 3 is 1.98 bits per heavy atom. The summed E-state index contributed by atoms with van der Waals surface area (Å²) in [5.74, 6) is -6.82. The van der Waals surface area contributed by atoms with Gasteiger partial charge in [0, 0.05) is 5.56 Å². The molecule has 1 unspecified atom stereocenters. The molecule has 0 aromatic heterocycles. The lowest BCUT2D eigenvalue weighted by Gasteiger charge is -2.24. The maximum absolute atomic E-state index is 15.1. The molecule has 0 amide bonds. The highest BCUT2D eigenvalue weighted by Crippen LogP contribution is 2.39. The Labute approximate surface area is 230 Å². The number of hydrogen-bond donors (Lipinski definition) is 0. The largest absolute Gasteiger partial charge is 0.491 e. The van der Waals surface area contributed by atoms with Crippen LogP contribution in [0.15, 0.2) is 42.5 Å². The fourth-order valence-corrected chi connectivity index (χ4v) is 4.99. The average Bonchev–Trinajstić information content (AvgIpc) is 2.96. The number of ether oxygens (including phenoxy) is 2. The van der Waals surface area contributed by atoms with Gasteiger partial charge >= 0.3 is 0 Å². The van der Waals surface area contributed by atoms with E-state index in [1.165, 1.54) is 36.4 Å². The summed E-state index contributed by atoms with van der Waals surface area (Å²) in [4.78, 5) is 0. The van der Waals surface area contributed by atoms with Crippen LogP contribution in [-0.4, -0.2) is 13.2 Å². The van der Waals surface area contributed by atoms with Gasteiger partial charge in [0.2, 0.25) is 11.6 Å². The number of benzene rings is 3. The molecular weight excluding hydrogens is 530 g/mol. The minimum Gasteiger partial charge on any atom is -0.491 e. The lowest BCUT2D eigenvalue weighted by molar-refractivity contribution is 0.288. The predicted octanol–water partition coefficient (Wildman–Crippen LogP) is 9.24. The van der Waals surface area contributed by atoms with Crippen LogP contribution < -0.4 is 9.47 Å². The van der Waals surface area contributed by atoms with Crippen molar-refractivity contribution in [2.24, 2.45) is 0 Å². The van der Waals surface area contributed by atoms with Gasteiger partial charge in [-0.2, -0.15) is 8.78 Å². The topological polar surface area (TPSA) is 18.5 Å². The van der Waals surface area contributed by atoms with Crippen LogP contribution in [0.5, 0.6) is 11.5 Å². The highest BCUT2D eigenvalue weighted by molar-refractivity contribution is 5.67. The van der Waals surface area contributed by atoms with Gasteiger partial charge in [-0.1, -0.05) is 43.7 Å². The fraction of sp³-hybridized carbons (Fsp3) is 0.375. The summed E-state index contributed by atoms with van der Waals surface area (Å²) < 4.78 is 98.3. The lowest BCUT2D eigenvalue weighted by Crippen LogP contribution is -2.10. The molecule has 3 aromatic carbocycles. The first kappa shape index (κ1) is 29.6. The van der Waals surface area contributed by atoms with Crippen molar-refractivity contribution in [1.82, 2.24) is 0 Å². The molecule has 1 aliphatic rings. The minimum absolute atomic E-state index is 0.0255. The van der Waals surface area contributed by atoms with Crippen LogP contribution >= 0.6 is 0 Å². The number of hydrogen-bond acceptors (Lipinski definition) is 2. The normalized spacial score (nSPS) is 15.2. The van der Waals surface area contributed by atoms with E-state index in [9.17, 15) is 22.0 Å². The van der Waals surface area contributed by atoms with E-state index < -0.39 is 34.9 Å². The number of rotatable bonds is 11. The van der Waals surface area contributed by atoms with Crippen LogP contribution in [0.2, 0.25) is 0 Å². The molecule has 0 aliphatic heterocycles. The Morgan fingerprint density at radius 2 is 1.32 bits per heavy atom. The van der Waals surface area contributed by atoms with Gasteiger partial charge < -0.3 is 9.47 Å². The van der Waals surface area contributed by atoms with Gasteiger partial charge in [-0.05, 0) is 85.8 Å². The number of unbranched alkanes of at least 4 members (excludes halogenated alkanes) is 1. The first-order valence-corrected chi connectivity index (χ1v) is 13.6. The Kier molecular flexibility index (Phi) is 9.82. The van der Waals surface area contributed by atoms with E-state index in [4.69, 9.17) is 9.47 Å². The van der Waals surface area contributed by atoms with Crippen molar-refractivity contribution in [1.29, 1.82) is 0 Å². The zero-order valence-corrected chi connectivity index (χ0v) is 22.6. The van der Waals surface area contributed by atoms with Gasteiger partial charge in [0.05, 0.1) is 13.2 Å². The van der Waals surface area contributed by atoms with Gasteiger partial charge in [-0.25, -0.2) is 17.6 Å². The van der Waals surface area contributed by atoms with Crippen LogP contribution in [0.4, 0.5) is 26.3 Å². The molecule has 40 heavy (non-hydrogen) atoms. The van der Waals surface area contributed by atoms with Crippen LogP contribution in [-0.2, 0) is 12.8 Å². The van der Waals surface area contributed by atoms with E-state index >= 15 is 4.39 Å².